The van der Waals surface area contributed by atoms with Gasteiger partial charge in [-0.05, 0) is 13.8 Å². The number of hydrogen-bond acceptors (Lipinski definition) is 3. The third-order valence-electron chi connectivity index (χ3n) is 2.18. The molecule has 0 unspecified atom stereocenters. The van der Waals surface area contributed by atoms with Crippen LogP contribution in [0.15, 0.2) is 6.20 Å². The fourth-order valence-electron chi connectivity index (χ4n) is 1.40. The van der Waals surface area contributed by atoms with Gasteiger partial charge in [0.1, 0.15) is 6.29 Å². The fraction of sp³-hybridized carbons (Fsp3) is 0.333. The summed E-state index contributed by atoms with van der Waals surface area (Å²) in [7, 11) is 0. The highest BCUT2D eigenvalue weighted by atomic mass is 32.1. The van der Waals surface area contributed by atoms with E-state index in [0.717, 1.165) is 16.9 Å². The Morgan fingerprint density at radius 1 is 1.62 bits per heavy atom. The molecule has 0 saturated carbocycles. The number of aldehydes is 1. The highest BCUT2D eigenvalue weighted by Crippen LogP contribution is 2.22. The van der Waals surface area contributed by atoms with Gasteiger partial charge in [0.25, 0.3) is 0 Å². The van der Waals surface area contributed by atoms with Gasteiger partial charge in [-0.15, -0.1) is 11.3 Å². The zero-order valence-corrected chi connectivity index (χ0v) is 8.39. The first-order chi connectivity index (χ1) is 6.24. The highest BCUT2D eigenvalue weighted by Gasteiger charge is 2.09. The van der Waals surface area contributed by atoms with Gasteiger partial charge < -0.3 is 4.79 Å². The lowest BCUT2D eigenvalue weighted by atomic mass is 10.3. The van der Waals surface area contributed by atoms with Crippen molar-refractivity contribution in [3.8, 4) is 0 Å². The molecule has 0 fully saturated rings. The molecule has 0 saturated heterocycles. The summed E-state index contributed by atoms with van der Waals surface area (Å²) in [6, 6.07) is 0. The molecular formula is C9H10N2OS. The van der Waals surface area contributed by atoms with Crippen LogP contribution in [0.2, 0.25) is 0 Å². The van der Waals surface area contributed by atoms with Crippen LogP contribution in [0.4, 0.5) is 0 Å². The maximum atomic E-state index is 10.4. The van der Waals surface area contributed by atoms with Crippen molar-refractivity contribution in [3.05, 3.63) is 22.5 Å². The first-order valence-electron chi connectivity index (χ1n) is 4.10. The standard InChI is InChI=1S/C9H10N2OS/c1-6-7(2)13-9-10-5-8(3-4-12)11(6)9/h4-5H,3H2,1-2H3. The van der Waals surface area contributed by atoms with E-state index in [-0.39, 0.29) is 0 Å². The summed E-state index contributed by atoms with van der Waals surface area (Å²) >= 11 is 1.66. The molecule has 4 heteroatoms. The zero-order valence-electron chi connectivity index (χ0n) is 7.57. The van der Waals surface area contributed by atoms with Gasteiger partial charge in [0.15, 0.2) is 4.96 Å². The minimum Gasteiger partial charge on any atom is -0.303 e. The van der Waals surface area contributed by atoms with Gasteiger partial charge in [0.05, 0.1) is 11.9 Å². The number of hydrogen-bond donors (Lipinski definition) is 0. The quantitative estimate of drug-likeness (QED) is 0.683. The summed E-state index contributed by atoms with van der Waals surface area (Å²) < 4.78 is 2.05. The number of rotatable bonds is 2. The Balaban J connectivity index is 2.69. The second-order valence-corrected chi connectivity index (χ2v) is 4.16. The molecule has 0 aromatic carbocycles. The molecule has 2 heterocycles. The third-order valence-corrected chi connectivity index (χ3v) is 3.26. The lowest BCUT2D eigenvalue weighted by Crippen LogP contribution is -1.94. The molecule has 68 valence electrons. The Bertz CT molecular complexity index is 455. The van der Waals surface area contributed by atoms with E-state index in [1.54, 1.807) is 17.5 Å². The summed E-state index contributed by atoms with van der Waals surface area (Å²) in [5.41, 5.74) is 2.17. The Morgan fingerprint density at radius 2 is 2.38 bits per heavy atom. The summed E-state index contributed by atoms with van der Waals surface area (Å²) in [6.45, 7) is 4.12. The number of aryl methyl sites for hydroxylation is 2. The van der Waals surface area contributed by atoms with Crippen LogP contribution in [0.5, 0.6) is 0 Å². The highest BCUT2D eigenvalue weighted by molar-refractivity contribution is 7.17. The van der Waals surface area contributed by atoms with Gasteiger partial charge in [-0.2, -0.15) is 0 Å². The SMILES string of the molecule is Cc1sc2ncc(CC=O)n2c1C. The number of nitrogens with zero attached hydrogens (tertiary/aromatic N) is 2. The average molecular weight is 194 g/mol. The Morgan fingerprint density at radius 3 is 3.08 bits per heavy atom. The summed E-state index contributed by atoms with van der Waals surface area (Å²) in [5.74, 6) is 0. The first kappa shape index (κ1) is 8.44. The first-order valence-corrected chi connectivity index (χ1v) is 4.91. The van der Waals surface area contributed by atoms with E-state index in [1.807, 2.05) is 0 Å². The van der Waals surface area contributed by atoms with Crippen LogP contribution in [0.3, 0.4) is 0 Å². The van der Waals surface area contributed by atoms with Crippen LogP contribution in [0, 0.1) is 13.8 Å². The predicted molar refractivity (Wildman–Crippen MR) is 52.3 cm³/mol. The minimum absolute atomic E-state index is 0.443. The molecule has 3 nitrogen and oxygen atoms in total. The molecule has 0 aliphatic carbocycles. The monoisotopic (exact) mass is 194 g/mol. The topological polar surface area (TPSA) is 34.4 Å². The predicted octanol–water partition coefficient (Wildman–Crippen LogP) is 1.75. The Labute approximate surface area is 80.0 Å². The number of thiazole rings is 1. The van der Waals surface area contributed by atoms with Crippen molar-refractivity contribution < 1.29 is 4.79 Å². The second kappa shape index (κ2) is 2.96. The number of carbonyl (C=O) groups is 1. The van der Waals surface area contributed by atoms with Crippen LogP contribution in [0.1, 0.15) is 16.3 Å². The molecule has 0 aliphatic heterocycles. The number of aromatic nitrogens is 2. The van der Waals surface area contributed by atoms with Crippen LogP contribution < -0.4 is 0 Å². The molecule has 0 amide bonds. The van der Waals surface area contributed by atoms with Crippen LogP contribution in [0.25, 0.3) is 4.96 Å². The van der Waals surface area contributed by atoms with E-state index in [4.69, 9.17) is 0 Å². The summed E-state index contributed by atoms with van der Waals surface area (Å²) in [6.07, 6.45) is 3.13. The van der Waals surface area contributed by atoms with Crippen LogP contribution >= 0.6 is 11.3 Å². The van der Waals surface area contributed by atoms with Crippen molar-refractivity contribution in [1.29, 1.82) is 0 Å². The molecule has 2 aromatic rings. The van der Waals surface area contributed by atoms with Crippen molar-refractivity contribution in [2.24, 2.45) is 0 Å². The number of carbonyl (C=O) groups excluding carboxylic acids is 1. The van der Waals surface area contributed by atoms with Gasteiger partial charge in [-0.1, -0.05) is 0 Å². The average Bonchev–Trinajstić information content (AvgIpc) is 2.58. The zero-order chi connectivity index (χ0) is 9.42. The maximum absolute atomic E-state index is 10.4. The van der Waals surface area contributed by atoms with Gasteiger partial charge in [-0.25, -0.2) is 4.98 Å². The number of imidazole rings is 1. The smallest absolute Gasteiger partial charge is 0.194 e. The van der Waals surface area contributed by atoms with Crippen molar-refractivity contribution in [2.75, 3.05) is 0 Å². The van der Waals surface area contributed by atoms with Gasteiger partial charge in [0.2, 0.25) is 0 Å². The lowest BCUT2D eigenvalue weighted by Gasteiger charge is -1.95. The lowest BCUT2D eigenvalue weighted by molar-refractivity contribution is -0.107. The van der Waals surface area contributed by atoms with Gasteiger partial charge in [0, 0.05) is 17.0 Å². The molecule has 0 atom stereocenters. The van der Waals surface area contributed by atoms with Gasteiger partial charge in [-0.3, -0.25) is 4.40 Å². The van der Waals surface area contributed by atoms with E-state index in [0.29, 0.717) is 6.42 Å². The fourth-order valence-corrected chi connectivity index (χ4v) is 2.36. The normalized spacial score (nSPS) is 10.9. The molecule has 2 aromatic heterocycles. The van der Waals surface area contributed by atoms with E-state index in [1.165, 1.54) is 10.6 Å². The third kappa shape index (κ3) is 1.18. The second-order valence-electron chi connectivity index (χ2n) is 2.98. The van der Waals surface area contributed by atoms with E-state index in [9.17, 15) is 4.79 Å². The van der Waals surface area contributed by atoms with Gasteiger partial charge >= 0.3 is 0 Å². The maximum Gasteiger partial charge on any atom is 0.194 e. The molecule has 0 bridgehead atoms. The van der Waals surface area contributed by atoms with E-state index in [2.05, 4.69) is 23.2 Å². The molecule has 0 aliphatic rings. The molecule has 0 N–H and O–H groups in total. The molecular weight excluding hydrogens is 184 g/mol. The van der Waals surface area contributed by atoms with Crippen LogP contribution in [-0.2, 0) is 11.2 Å². The van der Waals surface area contributed by atoms with Crippen molar-refractivity contribution in [3.63, 3.8) is 0 Å². The number of fused-ring (bicyclic) bond motifs is 1. The van der Waals surface area contributed by atoms with E-state index >= 15 is 0 Å². The van der Waals surface area contributed by atoms with E-state index < -0.39 is 0 Å². The van der Waals surface area contributed by atoms with Crippen LogP contribution in [-0.4, -0.2) is 15.7 Å². The molecule has 0 radical (unpaired) electrons. The molecule has 0 spiro atoms. The summed E-state index contributed by atoms with van der Waals surface area (Å²) in [4.78, 5) is 16.9. The molecule has 2 rings (SSSR count). The largest absolute Gasteiger partial charge is 0.303 e. The minimum atomic E-state index is 0.443. The Hall–Kier alpha value is -1.16. The van der Waals surface area contributed by atoms with Crippen molar-refractivity contribution in [2.45, 2.75) is 20.3 Å². The molecule has 13 heavy (non-hydrogen) atoms. The van der Waals surface area contributed by atoms with Crippen molar-refractivity contribution >= 4 is 22.6 Å². The summed E-state index contributed by atoms with van der Waals surface area (Å²) in [5, 5.41) is 0. The van der Waals surface area contributed by atoms with Crippen molar-refractivity contribution in [1.82, 2.24) is 9.38 Å². The Kier molecular flexibility index (Phi) is 1.92.